The predicted molar refractivity (Wildman–Crippen MR) is 112 cm³/mol. The average molecular weight is 388 g/mol. The van der Waals surface area contributed by atoms with Crippen LogP contribution in [0.1, 0.15) is 62.2 Å². The lowest BCUT2D eigenvalue weighted by atomic mass is 9.98. The number of anilines is 1. The fourth-order valence-electron chi connectivity index (χ4n) is 3.91. The number of thiocarbonyl (C=S) groups is 1. The van der Waals surface area contributed by atoms with E-state index in [0.717, 1.165) is 44.5 Å². The molecule has 1 heterocycles. The van der Waals surface area contributed by atoms with E-state index in [2.05, 4.69) is 17.6 Å². The quantitative estimate of drug-likeness (QED) is 0.768. The summed E-state index contributed by atoms with van der Waals surface area (Å²) in [5.41, 5.74) is 1.45. The molecule has 3 rings (SSSR count). The number of nitrogens with zero attached hydrogens (tertiary/aromatic N) is 1. The second kappa shape index (κ2) is 9.31. The van der Waals surface area contributed by atoms with Crippen molar-refractivity contribution in [3.8, 4) is 0 Å². The highest BCUT2D eigenvalue weighted by atomic mass is 32.1. The van der Waals surface area contributed by atoms with Crippen LogP contribution >= 0.6 is 12.2 Å². The molecule has 5 nitrogen and oxygen atoms in total. The minimum Gasteiger partial charge on any atom is -0.339 e. The van der Waals surface area contributed by atoms with Gasteiger partial charge in [-0.2, -0.15) is 0 Å². The number of piperidine rings is 1. The summed E-state index contributed by atoms with van der Waals surface area (Å²) < 4.78 is 0. The summed E-state index contributed by atoms with van der Waals surface area (Å²) in [6.07, 6.45) is 7.41. The van der Waals surface area contributed by atoms with E-state index in [1.807, 2.05) is 29.2 Å². The number of carbonyl (C=O) groups excluding carboxylic acids is 2. The van der Waals surface area contributed by atoms with Gasteiger partial charge >= 0.3 is 0 Å². The van der Waals surface area contributed by atoms with E-state index in [-0.39, 0.29) is 11.8 Å². The minimum atomic E-state index is -0.0227. The average Bonchev–Trinajstić information content (AvgIpc) is 3.15. The van der Waals surface area contributed by atoms with Gasteiger partial charge in [-0.25, -0.2) is 0 Å². The maximum atomic E-state index is 12.6. The third kappa shape index (κ3) is 5.76. The molecule has 146 valence electrons. The number of benzene rings is 1. The third-order valence-electron chi connectivity index (χ3n) is 5.66. The number of hydrogen-bond acceptors (Lipinski definition) is 3. The molecule has 2 fully saturated rings. The lowest BCUT2D eigenvalue weighted by Crippen LogP contribution is -2.37. The maximum Gasteiger partial charge on any atom is 0.253 e. The first-order valence-electron chi connectivity index (χ1n) is 10.0. The molecule has 2 aliphatic rings. The Morgan fingerprint density at radius 1 is 1.07 bits per heavy atom. The summed E-state index contributed by atoms with van der Waals surface area (Å²) in [4.78, 5) is 26.6. The van der Waals surface area contributed by atoms with Crippen LogP contribution in [0.25, 0.3) is 0 Å². The fourth-order valence-corrected chi connectivity index (χ4v) is 4.14. The summed E-state index contributed by atoms with van der Waals surface area (Å²) in [5.74, 6) is 1.26. The van der Waals surface area contributed by atoms with E-state index in [1.54, 1.807) is 0 Å². The number of hydrogen-bond donors (Lipinski definition) is 2. The Kier molecular flexibility index (Phi) is 6.83. The van der Waals surface area contributed by atoms with Gasteiger partial charge in [0.05, 0.1) is 0 Å². The summed E-state index contributed by atoms with van der Waals surface area (Å²) in [5, 5.41) is 6.09. The number of rotatable bonds is 4. The molecule has 1 aliphatic carbocycles. The lowest BCUT2D eigenvalue weighted by molar-refractivity contribution is -0.120. The van der Waals surface area contributed by atoms with Crippen LogP contribution in [0.3, 0.4) is 0 Å². The highest BCUT2D eigenvalue weighted by molar-refractivity contribution is 7.80. The summed E-state index contributed by atoms with van der Waals surface area (Å²) in [7, 11) is 0. The zero-order valence-electron chi connectivity index (χ0n) is 16.0. The maximum absolute atomic E-state index is 12.6. The monoisotopic (exact) mass is 387 g/mol. The van der Waals surface area contributed by atoms with Crippen molar-refractivity contribution in [1.82, 2.24) is 10.2 Å². The smallest absolute Gasteiger partial charge is 0.253 e. The van der Waals surface area contributed by atoms with Crippen molar-refractivity contribution in [2.75, 3.05) is 18.4 Å². The zero-order chi connectivity index (χ0) is 19.2. The van der Waals surface area contributed by atoms with E-state index < -0.39 is 0 Å². The van der Waals surface area contributed by atoms with Gasteiger partial charge in [-0.1, -0.05) is 19.8 Å². The van der Waals surface area contributed by atoms with Crippen LogP contribution in [0.5, 0.6) is 0 Å². The van der Waals surface area contributed by atoms with Gasteiger partial charge in [0.2, 0.25) is 5.91 Å². The van der Waals surface area contributed by atoms with Crippen molar-refractivity contribution in [3.05, 3.63) is 29.8 Å². The second-order valence-electron chi connectivity index (χ2n) is 7.91. The molecule has 0 atom stereocenters. The second-order valence-corrected chi connectivity index (χ2v) is 8.32. The SMILES string of the molecule is CC1CCN(C(=O)c2ccc(NC(=S)NC(=O)CC3CCCC3)cc2)CC1. The van der Waals surface area contributed by atoms with E-state index in [1.165, 1.54) is 12.8 Å². The van der Waals surface area contributed by atoms with Crippen LogP contribution in [0.4, 0.5) is 5.69 Å². The molecular formula is C21H29N3O2S. The van der Waals surface area contributed by atoms with Gasteiger partial charge in [0.15, 0.2) is 5.11 Å². The molecule has 1 saturated heterocycles. The van der Waals surface area contributed by atoms with Gasteiger partial charge < -0.3 is 15.5 Å². The van der Waals surface area contributed by atoms with Crippen molar-refractivity contribution in [2.24, 2.45) is 11.8 Å². The van der Waals surface area contributed by atoms with Gasteiger partial charge in [-0.15, -0.1) is 0 Å². The normalized spacial score (nSPS) is 18.3. The van der Waals surface area contributed by atoms with Crippen LogP contribution in [0, 0.1) is 11.8 Å². The predicted octanol–water partition coefficient (Wildman–Crippen LogP) is 3.95. The first-order chi connectivity index (χ1) is 13.0. The molecule has 1 saturated carbocycles. The van der Waals surface area contributed by atoms with E-state index in [4.69, 9.17) is 12.2 Å². The number of likely N-dealkylation sites (tertiary alicyclic amines) is 1. The molecule has 2 N–H and O–H groups in total. The van der Waals surface area contributed by atoms with Crippen LogP contribution in [0.2, 0.25) is 0 Å². The zero-order valence-corrected chi connectivity index (χ0v) is 16.8. The Hall–Kier alpha value is -1.95. The molecule has 0 radical (unpaired) electrons. The minimum absolute atomic E-state index is 0.0227. The van der Waals surface area contributed by atoms with Crippen LogP contribution in [-0.4, -0.2) is 34.9 Å². The molecular weight excluding hydrogens is 358 g/mol. The van der Waals surface area contributed by atoms with Gasteiger partial charge in [0, 0.05) is 30.8 Å². The van der Waals surface area contributed by atoms with E-state index >= 15 is 0 Å². The number of nitrogens with one attached hydrogen (secondary N) is 2. The Morgan fingerprint density at radius 3 is 2.33 bits per heavy atom. The van der Waals surface area contributed by atoms with Gasteiger partial charge in [-0.05, 0) is 74.0 Å². The molecule has 27 heavy (non-hydrogen) atoms. The molecule has 6 heteroatoms. The first kappa shape index (κ1) is 19.8. The van der Waals surface area contributed by atoms with Crippen molar-refractivity contribution in [2.45, 2.75) is 51.9 Å². The summed E-state index contributed by atoms with van der Waals surface area (Å²) in [6.45, 7) is 3.89. The number of amides is 2. The fraction of sp³-hybridized carbons (Fsp3) is 0.571. The highest BCUT2D eigenvalue weighted by Crippen LogP contribution is 2.27. The molecule has 2 amide bonds. The molecule has 0 unspecified atom stereocenters. The molecule has 0 bridgehead atoms. The standard InChI is InChI=1S/C21H29N3O2S/c1-15-10-12-24(13-11-15)20(26)17-6-8-18(9-7-17)22-21(27)23-19(25)14-16-4-2-3-5-16/h6-9,15-16H,2-5,10-14H2,1H3,(H2,22,23,25,27). The summed E-state index contributed by atoms with van der Waals surface area (Å²) in [6, 6.07) is 7.28. The molecule has 1 aliphatic heterocycles. The third-order valence-corrected chi connectivity index (χ3v) is 5.87. The van der Waals surface area contributed by atoms with Crippen molar-refractivity contribution in [3.63, 3.8) is 0 Å². The van der Waals surface area contributed by atoms with Gasteiger partial charge in [0.1, 0.15) is 0 Å². The summed E-state index contributed by atoms with van der Waals surface area (Å²) >= 11 is 5.23. The van der Waals surface area contributed by atoms with Crippen molar-refractivity contribution < 1.29 is 9.59 Å². The molecule has 0 aromatic heterocycles. The Bertz CT molecular complexity index is 675. The lowest BCUT2D eigenvalue weighted by Gasteiger charge is -2.30. The molecule has 0 spiro atoms. The molecule has 1 aromatic carbocycles. The Balaban J connectivity index is 1.47. The largest absolute Gasteiger partial charge is 0.339 e. The van der Waals surface area contributed by atoms with E-state index in [0.29, 0.717) is 28.9 Å². The van der Waals surface area contributed by atoms with Crippen LogP contribution in [0.15, 0.2) is 24.3 Å². The van der Waals surface area contributed by atoms with Crippen molar-refractivity contribution >= 4 is 34.8 Å². The molecule has 1 aromatic rings. The van der Waals surface area contributed by atoms with Gasteiger partial charge in [0.25, 0.3) is 5.91 Å². The van der Waals surface area contributed by atoms with Gasteiger partial charge in [-0.3, -0.25) is 9.59 Å². The van der Waals surface area contributed by atoms with Crippen LogP contribution in [-0.2, 0) is 4.79 Å². The Morgan fingerprint density at radius 2 is 1.70 bits per heavy atom. The van der Waals surface area contributed by atoms with Crippen LogP contribution < -0.4 is 10.6 Å². The van der Waals surface area contributed by atoms with E-state index in [9.17, 15) is 9.59 Å². The first-order valence-corrected chi connectivity index (χ1v) is 10.4. The highest BCUT2D eigenvalue weighted by Gasteiger charge is 2.21. The number of carbonyl (C=O) groups is 2. The van der Waals surface area contributed by atoms with Crippen molar-refractivity contribution in [1.29, 1.82) is 0 Å². The Labute approximate surface area is 166 Å². The topological polar surface area (TPSA) is 61.4 Å².